The summed E-state index contributed by atoms with van der Waals surface area (Å²) in [6, 6.07) is 0. The molecule has 0 aromatic rings. The second-order valence-electron chi connectivity index (χ2n) is 14.1. The Labute approximate surface area is 219 Å². The molecule has 5 saturated carbocycles. The van der Waals surface area contributed by atoms with Gasteiger partial charge in [-0.1, -0.05) is 26.0 Å². The molecule has 5 fully saturated rings. The van der Waals surface area contributed by atoms with Gasteiger partial charge in [-0.05, 0) is 118 Å². The number of allylic oxidation sites excluding steroid dienone is 1. The summed E-state index contributed by atoms with van der Waals surface area (Å²) in [6.45, 7) is 12.1. The summed E-state index contributed by atoms with van der Waals surface area (Å²) < 4.78 is 0. The summed E-state index contributed by atoms with van der Waals surface area (Å²) >= 11 is 0. The fraction of sp³-hybridized carbons (Fsp3) is 0.833. The van der Waals surface area contributed by atoms with Crippen molar-refractivity contribution in [1.82, 2.24) is 0 Å². The van der Waals surface area contributed by atoms with Crippen LogP contribution in [0.15, 0.2) is 12.2 Å². The van der Waals surface area contributed by atoms with E-state index in [0.29, 0.717) is 51.4 Å². The first-order chi connectivity index (χ1) is 17.1. The van der Waals surface area contributed by atoms with Gasteiger partial charge in [0.25, 0.3) is 0 Å². The molecule has 0 aromatic heterocycles. The van der Waals surface area contributed by atoms with Crippen molar-refractivity contribution in [2.45, 2.75) is 98.0 Å². The largest absolute Gasteiger partial charge is 0.481 e. The van der Waals surface area contributed by atoms with Crippen LogP contribution >= 0.6 is 0 Å². The van der Waals surface area contributed by atoms with Gasteiger partial charge in [0.1, 0.15) is 0 Å². The minimum absolute atomic E-state index is 0.000663. The van der Waals surface area contributed by atoms with Crippen LogP contribution in [0, 0.1) is 56.7 Å². The van der Waals surface area contributed by atoms with Gasteiger partial charge in [0.15, 0.2) is 0 Å². The van der Waals surface area contributed by atoms with E-state index in [0.717, 1.165) is 18.4 Å². The number of carbonyl (C=O) groups is 3. The standard InChI is InChI=1S/C30H44O7/c1-16(2)17-8-13-29(24(34)35)14-15-30(25(36)37)18(22(17)29)6-7-19-26(3)11-10-21(31)28(5,23(32)33)20(26)9-12-27(19,30)4/h17-22,31H,1,6-15H2,2-5H3,(H,32,33)(H,34,35)(H,36,37)/t17-,18-,19+,20+,21-,22-,26-,27-,28-,29+,30+/m0/s1. The van der Waals surface area contributed by atoms with E-state index in [1.165, 1.54) is 0 Å². The Hall–Kier alpha value is -1.89. The third-order valence-electron chi connectivity index (χ3n) is 13.4. The molecule has 0 unspecified atom stereocenters. The quantitative estimate of drug-likeness (QED) is 0.377. The number of hydrogen-bond acceptors (Lipinski definition) is 4. The Kier molecular flexibility index (Phi) is 5.82. The van der Waals surface area contributed by atoms with Crippen molar-refractivity contribution >= 4 is 17.9 Å². The van der Waals surface area contributed by atoms with Gasteiger partial charge in [-0.2, -0.15) is 0 Å². The lowest BCUT2D eigenvalue weighted by Gasteiger charge is -2.71. The number of fused-ring (bicyclic) bond motifs is 7. The van der Waals surface area contributed by atoms with E-state index in [4.69, 9.17) is 0 Å². The van der Waals surface area contributed by atoms with E-state index in [2.05, 4.69) is 20.4 Å². The molecule has 0 bridgehead atoms. The zero-order chi connectivity index (χ0) is 27.3. The average Bonchev–Trinajstić information content (AvgIpc) is 3.23. The average molecular weight is 517 g/mol. The van der Waals surface area contributed by atoms with Crippen molar-refractivity contribution in [2.75, 3.05) is 0 Å². The highest BCUT2D eigenvalue weighted by atomic mass is 16.4. The van der Waals surface area contributed by atoms with Crippen LogP contribution in [0.5, 0.6) is 0 Å². The zero-order valence-electron chi connectivity index (χ0n) is 22.8. The Morgan fingerprint density at radius 2 is 1.43 bits per heavy atom. The van der Waals surface area contributed by atoms with Crippen LogP contribution in [0.25, 0.3) is 0 Å². The molecular formula is C30H44O7. The molecule has 0 radical (unpaired) electrons. The molecule has 206 valence electrons. The van der Waals surface area contributed by atoms with Crippen LogP contribution in [0.4, 0.5) is 0 Å². The smallest absolute Gasteiger partial charge is 0.312 e. The number of aliphatic hydroxyl groups is 1. The number of carboxylic acids is 3. The molecule has 5 aliphatic rings. The molecule has 7 heteroatoms. The minimum atomic E-state index is -1.26. The lowest BCUT2D eigenvalue weighted by Crippen LogP contribution is -2.70. The first kappa shape index (κ1) is 26.7. The second-order valence-corrected chi connectivity index (χ2v) is 14.1. The molecule has 0 heterocycles. The molecule has 0 saturated heterocycles. The topological polar surface area (TPSA) is 132 Å². The molecule has 0 aliphatic heterocycles. The highest BCUT2D eigenvalue weighted by molar-refractivity contribution is 5.81. The van der Waals surface area contributed by atoms with E-state index in [1.807, 2.05) is 6.92 Å². The number of aliphatic carboxylic acids is 3. The van der Waals surface area contributed by atoms with Crippen molar-refractivity contribution in [3.05, 3.63) is 12.2 Å². The van der Waals surface area contributed by atoms with Gasteiger partial charge in [0.05, 0.1) is 22.3 Å². The first-order valence-corrected chi connectivity index (χ1v) is 14.2. The third kappa shape index (κ3) is 2.95. The van der Waals surface area contributed by atoms with Gasteiger partial charge in [0, 0.05) is 0 Å². The summed E-state index contributed by atoms with van der Waals surface area (Å²) in [5.41, 5.74) is -3.24. The van der Waals surface area contributed by atoms with Gasteiger partial charge in [0.2, 0.25) is 0 Å². The van der Waals surface area contributed by atoms with Gasteiger partial charge in [-0.25, -0.2) is 0 Å². The van der Waals surface area contributed by atoms with Crippen LogP contribution < -0.4 is 0 Å². The maximum absolute atomic E-state index is 13.6. The highest BCUT2D eigenvalue weighted by Gasteiger charge is 2.76. The maximum Gasteiger partial charge on any atom is 0.312 e. The minimum Gasteiger partial charge on any atom is -0.481 e. The van der Waals surface area contributed by atoms with Crippen molar-refractivity contribution in [3.63, 3.8) is 0 Å². The van der Waals surface area contributed by atoms with Gasteiger partial charge >= 0.3 is 17.9 Å². The van der Waals surface area contributed by atoms with Crippen molar-refractivity contribution in [3.8, 4) is 0 Å². The normalized spacial score (nSPS) is 52.7. The SMILES string of the molecule is C=C(C)[C@@H]1CC[C@@]2(C(=O)O)CC[C@]3(C(=O)O)[C@@H](CC[C@@H]4[C@]5(C)CC[C@H](O)[C@@](C)(C(=O)O)[C@@H]5CC[C@@]43C)[C@H]12. The van der Waals surface area contributed by atoms with E-state index >= 15 is 0 Å². The number of aliphatic hydroxyl groups excluding tert-OH is 1. The second kappa shape index (κ2) is 8.06. The fourth-order valence-electron chi connectivity index (χ4n) is 11.6. The Morgan fingerprint density at radius 1 is 0.757 bits per heavy atom. The van der Waals surface area contributed by atoms with Crippen LogP contribution in [0.3, 0.4) is 0 Å². The number of hydrogen-bond donors (Lipinski definition) is 4. The van der Waals surface area contributed by atoms with Gasteiger partial charge in [-0.15, -0.1) is 0 Å². The van der Waals surface area contributed by atoms with Crippen molar-refractivity contribution in [2.24, 2.45) is 56.7 Å². The summed E-state index contributed by atoms with van der Waals surface area (Å²) in [5.74, 6) is -3.30. The van der Waals surface area contributed by atoms with Gasteiger partial charge < -0.3 is 20.4 Å². The Morgan fingerprint density at radius 3 is 2.00 bits per heavy atom. The van der Waals surface area contributed by atoms with E-state index in [-0.39, 0.29) is 29.6 Å². The van der Waals surface area contributed by atoms with E-state index in [9.17, 15) is 34.8 Å². The summed E-state index contributed by atoms with van der Waals surface area (Å²) in [4.78, 5) is 38.9. The fourth-order valence-corrected chi connectivity index (χ4v) is 11.6. The molecule has 37 heavy (non-hydrogen) atoms. The molecule has 0 spiro atoms. The molecule has 0 aromatic carbocycles. The lowest BCUT2D eigenvalue weighted by molar-refractivity contribution is -0.257. The zero-order valence-corrected chi connectivity index (χ0v) is 22.8. The number of rotatable bonds is 4. The van der Waals surface area contributed by atoms with Crippen LogP contribution in [0.1, 0.15) is 91.9 Å². The lowest BCUT2D eigenvalue weighted by atomic mass is 9.31. The van der Waals surface area contributed by atoms with E-state index < -0.39 is 51.1 Å². The Balaban J connectivity index is 1.64. The van der Waals surface area contributed by atoms with Crippen molar-refractivity contribution in [1.29, 1.82) is 0 Å². The number of carboxylic acid groups (broad SMARTS) is 3. The molecule has 7 nitrogen and oxygen atoms in total. The first-order valence-electron chi connectivity index (χ1n) is 14.2. The van der Waals surface area contributed by atoms with Crippen LogP contribution in [-0.2, 0) is 14.4 Å². The third-order valence-corrected chi connectivity index (χ3v) is 13.4. The molecule has 11 atom stereocenters. The van der Waals surface area contributed by atoms with Gasteiger partial charge in [-0.3, -0.25) is 14.4 Å². The summed E-state index contributed by atoms with van der Waals surface area (Å²) in [6.07, 6.45) is 4.75. The predicted octanol–water partition coefficient (Wildman–Crippen LogP) is 5.22. The molecule has 5 rings (SSSR count). The summed E-state index contributed by atoms with van der Waals surface area (Å²) in [7, 11) is 0. The van der Waals surface area contributed by atoms with Crippen LogP contribution in [-0.4, -0.2) is 44.4 Å². The monoisotopic (exact) mass is 516 g/mol. The summed E-state index contributed by atoms with van der Waals surface area (Å²) in [5, 5.41) is 42.7. The van der Waals surface area contributed by atoms with Crippen LogP contribution in [0.2, 0.25) is 0 Å². The maximum atomic E-state index is 13.6. The Bertz CT molecular complexity index is 1050. The molecule has 4 N–H and O–H groups in total. The molecule has 0 amide bonds. The molecule has 5 aliphatic carbocycles. The van der Waals surface area contributed by atoms with E-state index in [1.54, 1.807) is 6.92 Å². The molecular weight excluding hydrogens is 472 g/mol. The van der Waals surface area contributed by atoms with Crippen molar-refractivity contribution < 1.29 is 34.8 Å². The highest BCUT2D eigenvalue weighted by Crippen LogP contribution is 2.77. The predicted molar refractivity (Wildman–Crippen MR) is 137 cm³/mol.